The first kappa shape index (κ1) is 62.5. The van der Waals surface area contributed by atoms with Crippen LogP contribution >= 0.6 is 12.2 Å². The van der Waals surface area contributed by atoms with Crippen molar-refractivity contribution < 1.29 is 38.1 Å². The molecular weight excluding hydrogens is 863 g/mol. The molecule has 1 fully saturated rings. The molecule has 3 atom stereocenters. The highest BCUT2D eigenvalue weighted by Gasteiger charge is 2.39. The molecule has 1 aliphatic heterocycles. The molecular formula is C55H103N3O8S. The van der Waals surface area contributed by atoms with E-state index in [0.717, 1.165) is 96.3 Å². The van der Waals surface area contributed by atoms with Crippen molar-refractivity contribution in [1.29, 1.82) is 0 Å². The predicted molar refractivity (Wildman–Crippen MR) is 279 cm³/mol. The van der Waals surface area contributed by atoms with Gasteiger partial charge in [-0.15, -0.1) is 0 Å². The number of nitrogens with one attached hydrogen (secondary N) is 1. The van der Waals surface area contributed by atoms with Gasteiger partial charge in [-0.1, -0.05) is 163 Å². The molecule has 0 aromatic heterocycles. The molecule has 3 unspecified atom stereocenters. The third kappa shape index (κ3) is 35.3. The zero-order chi connectivity index (χ0) is 49.2. The van der Waals surface area contributed by atoms with Crippen molar-refractivity contribution >= 4 is 41.2 Å². The summed E-state index contributed by atoms with van der Waals surface area (Å²) in [7, 11) is 3.69. The molecule has 1 aliphatic rings. The maximum absolute atomic E-state index is 13.5. The van der Waals surface area contributed by atoms with Gasteiger partial charge in [0.2, 0.25) is 0 Å². The van der Waals surface area contributed by atoms with Gasteiger partial charge in [-0.2, -0.15) is 0 Å². The van der Waals surface area contributed by atoms with Crippen LogP contribution < -0.4 is 5.32 Å². The van der Waals surface area contributed by atoms with Gasteiger partial charge in [-0.3, -0.25) is 24.1 Å². The van der Waals surface area contributed by atoms with E-state index in [1.807, 2.05) is 14.1 Å². The highest BCUT2D eigenvalue weighted by atomic mass is 32.1. The number of rotatable bonds is 45. The molecule has 1 rings (SSSR count). The molecule has 0 aromatic carbocycles. The first-order chi connectivity index (χ1) is 32.5. The summed E-state index contributed by atoms with van der Waals surface area (Å²) in [5.74, 6) is -0.779. The SMILES string of the molecule is CCCCCCCCCCC(CC)OC(=O)CCCCCN1CC(OC(=O)CCNC(=S)N(C)C)CC1C(=O)OCCCCCCCC(=O)OC(CCCCCCCC)CCCCCCCC. The van der Waals surface area contributed by atoms with Crippen molar-refractivity contribution in [2.75, 3.05) is 40.3 Å². The van der Waals surface area contributed by atoms with Gasteiger partial charge in [-0.05, 0) is 89.4 Å². The summed E-state index contributed by atoms with van der Waals surface area (Å²) in [6.07, 6.45) is 36.7. The Labute approximate surface area is 416 Å². The number of esters is 4. The van der Waals surface area contributed by atoms with Crippen LogP contribution in [0, 0.1) is 0 Å². The van der Waals surface area contributed by atoms with Crippen LogP contribution in [0.5, 0.6) is 0 Å². The largest absolute Gasteiger partial charge is 0.465 e. The molecule has 1 heterocycles. The second kappa shape index (κ2) is 43.5. The van der Waals surface area contributed by atoms with Gasteiger partial charge in [0.25, 0.3) is 0 Å². The second-order valence-corrected chi connectivity index (χ2v) is 20.1. The van der Waals surface area contributed by atoms with E-state index in [1.54, 1.807) is 4.90 Å². The number of carbonyl (C=O) groups excluding carboxylic acids is 4. The Morgan fingerprint density at radius 2 is 1.01 bits per heavy atom. The molecule has 11 nitrogen and oxygen atoms in total. The van der Waals surface area contributed by atoms with Crippen LogP contribution in [0.3, 0.4) is 0 Å². The molecule has 1 saturated heterocycles. The van der Waals surface area contributed by atoms with Crippen LogP contribution in [0.25, 0.3) is 0 Å². The predicted octanol–water partition coefficient (Wildman–Crippen LogP) is 13.5. The summed E-state index contributed by atoms with van der Waals surface area (Å²) < 4.78 is 23.5. The van der Waals surface area contributed by atoms with Crippen LogP contribution in [0.2, 0.25) is 0 Å². The summed E-state index contributed by atoms with van der Waals surface area (Å²) in [5, 5.41) is 3.61. The minimum atomic E-state index is -0.485. The zero-order valence-corrected chi connectivity index (χ0v) is 45.0. The molecule has 0 saturated carbocycles. The van der Waals surface area contributed by atoms with E-state index in [0.29, 0.717) is 50.6 Å². The number of hydrogen-bond acceptors (Lipinski definition) is 10. The van der Waals surface area contributed by atoms with E-state index in [4.69, 9.17) is 31.2 Å². The fourth-order valence-electron chi connectivity index (χ4n) is 8.95. The normalized spacial score (nSPS) is 15.4. The monoisotopic (exact) mass is 966 g/mol. The van der Waals surface area contributed by atoms with Crippen molar-refractivity contribution in [2.45, 2.75) is 283 Å². The van der Waals surface area contributed by atoms with Gasteiger partial charge >= 0.3 is 23.9 Å². The van der Waals surface area contributed by atoms with Gasteiger partial charge < -0.3 is 29.2 Å². The molecule has 0 bridgehead atoms. The van der Waals surface area contributed by atoms with Crippen LogP contribution in [-0.4, -0.2) is 103 Å². The first-order valence-corrected chi connectivity index (χ1v) is 28.4. The van der Waals surface area contributed by atoms with Crippen molar-refractivity contribution in [3.63, 3.8) is 0 Å². The lowest BCUT2D eigenvalue weighted by Gasteiger charge is -2.22. The Bertz CT molecular complexity index is 1240. The Morgan fingerprint density at radius 3 is 1.52 bits per heavy atom. The fraction of sp³-hybridized carbons (Fsp3) is 0.909. The van der Waals surface area contributed by atoms with E-state index in [-0.39, 0.29) is 42.5 Å². The third-order valence-corrected chi connectivity index (χ3v) is 13.7. The third-order valence-electron chi connectivity index (χ3n) is 13.2. The molecule has 0 amide bonds. The molecule has 1 N–H and O–H groups in total. The summed E-state index contributed by atoms with van der Waals surface area (Å²) in [5.41, 5.74) is 0. The Kier molecular flexibility index (Phi) is 40.6. The van der Waals surface area contributed by atoms with Crippen LogP contribution in [0.15, 0.2) is 0 Å². The molecule has 12 heteroatoms. The molecule has 0 aromatic rings. The van der Waals surface area contributed by atoms with E-state index in [2.05, 4.69) is 37.9 Å². The van der Waals surface area contributed by atoms with Crippen molar-refractivity contribution in [1.82, 2.24) is 15.1 Å². The average molecular weight is 967 g/mol. The van der Waals surface area contributed by atoms with Crippen molar-refractivity contribution in [3.8, 4) is 0 Å². The molecule has 392 valence electrons. The molecule has 0 aliphatic carbocycles. The quantitative estimate of drug-likeness (QED) is 0.0270. The number of unbranched alkanes of at least 4 members (excludes halogenated alkanes) is 23. The van der Waals surface area contributed by atoms with Crippen LogP contribution in [0.1, 0.15) is 259 Å². The number of ether oxygens (including phenoxy) is 4. The Morgan fingerprint density at radius 1 is 0.567 bits per heavy atom. The molecule has 0 radical (unpaired) electrons. The van der Waals surface area contributed by atoms with Crippen LogP contribution in [-0.2, 0) is 38.1 Å². The number of carbonyl (C=O) groups is 4. The lowest BCUT2D eigenvalue weighted by atomic mass is 10.0. The summed E-state index contributed by atoms with van der Waals surface area (Å²) >= 11 is 5.26. The van der Waals surface area contributed by atoms with Crippen LogP contribution in [0.4, 0.5) is 0 Å². The van der Waals surface area contributed by atoms with Gasteiger partial charge in [0.15, 0.2) is 5.11 Å². The minimum absolute atomic E-state index is 0.00312. The summed E-state index contributed by atoms with van der Waals surface area (Å²) in [6.45, 7) is 10.7. The second-order valence-electron chi connectivity index (χ2n) is 19.7. The minimum Gasteiger partial charge on any atom is -0.465 e. The van der Waals surface area contributed by atoms with E-state index in [9.17, 15) is 19.2 Å². The maximum atomic E-state index is 13.5. The van der Waals surface area contributed by atoms with Gasteiger partial charge in [-0.25, -0.2) is 0 Å². The van der Waals surface area contributed by atoms with Gasteiger partial charge in [0.05, 0.1) is 13.0 Å². The Hall–Kier alpha value is -2.47. The number of nitrogens with zero attached hydrogens (tertiary/aromatic N) is 2. The fourth-order valence-corrected chi connectivity index (χ4v) is 9.06. The zero-order valence-electron chi connectivity index (χ0n) is 44.2. The molecule has 67 heavy (non-hydrogen) atoms. The van der Waals surface area contributed by atoms with E-state index in [1.165, 1.54) is 109 Å². The highest BCUT2D eigenvalue weighted by Crippen LogP contribution is 2.24. The topological polar surface area (TPSA) is 124 Å². The lowest BCUT2D eigenvalue weighted by molar-refractivity contribution is -0.151. The summed E-state index contributed by atoms with van der Waals surface area (Å²) in [6, 6.07) is -0.485. The van der Waals surface area contributed by atoms with Gasteiger partial charge in [0, 0.05) is 46.4 Å². The lowest BCUT2D eigenvalue weighted by Crippen LogP contribution is -2.38. The average Bonchev–Trinajstić information content (AvgIpc) is 3.71. The molecule has 0 spiro atoms. The highest BCUT2D eigenvalue weighted by molar-refractivity contribution is 7.80. The number of likely N-dealkylation sites (tertiary alicyclic amines) is 1. The van der Waals surface area contributed by atoms with Crippen molar-refractivity contribution in [3.05, 3.63) is 0 Å². The Balaban J connectivity index is 2.51. The maximum Gasteiger partial charge on any atom is 0.323 e. The summed E-state index contributed by atoms with van der Waals surface area (Å²) in [4.78, 5) is 55.6. The van der Waals surface area contributed by atoms with Crippen molar-refractivity contribution in [2.24, 2.45) is 0 Å². The number of thiocarbonyl (C=S) groups is 1. The first-order valence-electron chi connectivity index (χ1n) is 28.0. The van der Waals surface area contributed by atoms with E-state index < -0.39 is 12.1 Å². The van der Waals surface area contributed by atoms with Gasteiger partial charge in [0.1, 0.15) is 24.4 Å². The van der Waals surface area contributed by atoms with E-state index >= 15 is 0 Å². The smallest absolute Gasteiger partial charge is 0.323 e. The number of hydrogen-bond donors (Lipinski definition) is 1. The standard InChI is InChI=1S/C55H103N3O8S/c1-7-11-14-17-20-21-25-29-36-47(10-4)64-51(59)40-33-28-34-43-58-46-49(66-53(61)41-42-56-55(67)57(5)6)45-50(58)54(62)63-44-35-27-22-26-32-39-52(60)65-48(37-30-23-18-15-12-8-2)38-31-24-19-16-13-9-3/h47-50H,7-46H2,1-6H3,(H,56,67).